The van der Waals surface area contributed by atoms with Crippen molar-refractivity contribution in [2.45, 2.75) is 6.92 Å². The average molecular weight is 202 g/mol. The van der Waals surface area contributed by atoms with E-state index in [0.29, 0.717) is 6.54 Å². The molecule has 0 fully saturated rings. The zero-order valence-electron chi connectivity index (χ0n) is 6.94. The summed E-state index contributed by atoms with van der Waals surface area (Å²) in [5.74, 6) is 0.277. The molecule has 70 valence electrons. The number of anilines is 1. The standard InChI is InChI=1S/C7H8ClN3O2/c1-2-11(7(12)13)6-4-3-5(8)9-10-6/h3-4H,2H2,1H3,(H,12,13). The Morgan fingerprint density at radius 2 is 2.31 bits per heavy atom. The fourth-order valence-electron chi connectivity index (χ4n) is 0.848. The summed E-state index contributed by atoms with van der Waals surface area (Å²) in [6.45, 7) is 2.04. The van der Waals surface area contributed by atoms with E-state index in [2.05, 4.69) is 10.2 Å². The zero-order valence-corrected chi connectivity index (χ0v) is 7.69. The minimum absolute atomic E-state index is 0.241. The predicted octanol–water partition coefficient (Wildman–Crippen LogP) is 1.63. The van der Waals surface area contributed by atoms with Crippen LogP contribution in [0.25, 0.3) is 0 Å². The number of carbonyl (C=O) groups is 1. The summed E-state index contributed by atoms with van der Waals surface area (Å²) in [4.78, 5) is 11.7. The van der Waals surface area contributed by atoms with Crippen LogP contribution in [0, 0.1) is 0 Å². The van der Waals surface area contributed by atoms with E-state index in [4.69, 9.17) is 16.7 Å². The summed E-state index contributed by atoms with van der Waals surface area (Å²) < 4.78 is 0. The van der Waals surface area contributed by atoms with E-state index in [9.17, 15) is 4.79 Å². The van der Waals surface area contributed by atoms with Gasteiger partial charge in [0, 0.05) is 6.54 Å². The highest BCUT2D eigenvalue weighted by Gasteiger charge is 2.12. The molecular formula is C7H8ClN3O2. The molecule has 0 aromatic carbocycles. The second-order valence-electron chi connectivity index (χ2n) is 2.24. The Morgan fingerprint density at radius 3 is 2.69 bits per heavy atom. The van der Waals surface area contributed by atoms with Crippen LogP contribution in [0.4, 0.5) is 10.6 Å². The second kappa shape index (κ2) is 4.04. The summed E-state index contributed by atoms with van der Waals surface area (Å²) in [7, 11) is 0. The SMILES string of the molecule is CCN(C(=O)O)c1ccc(Cl)nn1. The first kappa shape index (κ1) is 9.73. The number of nitrogens with zero attached hydrogens (tertiary/aromatic N) is 3. The first-order valence-corrected chi connectivity index (χ1v) is 4.02. The van der Waals surface area contributed by atoms with Gasteiger partial charge in [-0.2, -0.15) is 0 Å². The first-order valence-electron chi connectivity index (χ1n) is 3.65. The van der Waals surface area contributed by atoms with Gasteiger partial charge in [-0.1, -0.05) is 11.6 Å². The lowest BCUT2D eigenvalue weighted by molar-refractivity contribution is 0.202. The molecule has 0 radical (unpaired) electrons. The van der Waals surface area contributed by atoms with Gasteiger partial charge in [0.05, 0.1) is 0 Å². The van der Waals surface area contributed by atoms with E-state index in [1.54, 1.807) is 6.92 Å². The van der Waals surface area contributed by atoms with Crippen molar-refractivity contribution in [1.29, 1.82) is 0 Å². The highest BCUT2D eigenvalue weighted by atomic mass is 35.5. The molecule has 1 aromatic rings. The smallest absolute Gasteiger partial charge is 0.413 e. The molecule has 13 heavy (non-hydrogen) atoms. The topological polar surface area (TPSA) is 66.3 Å². The number of hydrogen-bond acceptors (Lipinski definition) is 3. The largest absolute Gasteiger partial charge is 0.465 e. The molecule has 1 aromatic heterocycles. The molecule has 0 aliphatic rings. The van der Waals surface area contributed by atoms with E-state index in [1.165, 1.54) is 12.1 Å². The molecule has 0 unspecified atom stereocenters. The molecule has 5 nitrogen and oxygen atoms in total. The van der Waals surface area contributed by atoms with E-state index in [-0.39, 0.29) is 11.0 Å². The van der Waals surface area contributed by atoms with Gasteiger partial charge in [0.2, 0.25) is 0 Å². The second-order valence-corrected chi connectivity index (χ2v) is 2.63. The van der Waals surface area contributed by atoms with E-state index in [0.717, 1.165) is 4.90 Å². The lowest BCUT2D eigenvalue weighted by Gasteiger charge is -2.14. The van der Waals surface area contributed by atoms with Crippen molar-refractivity contribution in [2.75, 3.05) is 11.4 Å². The minimum Gasteiger partial charge on any atom is -0.465 e. The van der Waals surface area contributed by atoms with Crippen molar-refractivity contribution in [3.8, 4) is 0 Å². The molecule has 1 amide bonds. The van der Waals surface area contributed by atoms with Crippen LogP contribution in [-0.2, 0) is 0 Å². The fourth-order valence-corrected chi connectivity index (χ4v) is 0.949. The van der Waals surface area contributed by atoms with Crippen molar-refractivity contribution in [3.63, 3.8) is 0 Å². The van der Waals surface area contributed by atoms with Gasteiger partial charge in [-0.15, -0.1) is 10.2 Å². The van der Waals surface area contributed by atoms with Gasteiger partial charge in [-0.25, -0.2) is 4.79 Å². The van der Waals surface area contributed by atoms with E-state index < -0.39 is 6.09 Å². The average Bonchev–Trinajstić information content (AvgIpc) is 2.09. The quantitative estimate of drug-likeness (QED) is 0.790. The van der Waals surface area contributed by atoms with E-state index >= 15 is 0 Å². The molecule has 1 heterocycles. The minimum atomic E-state index is -1.06. The Bertz CT molecular complexity index is 301. The molecule has 0 saturated heterocycles. The van der Waals surface area contributed by atoms with Gasteiger partial charge in [-0.3, -0.25) is 4.90 Å². The van der Waals surface area contributed by atoms with Crippen LogP contribution in [0.15, 0.2) is 12.1 Å². The third kappa shape index (κ3) is 2.29. The van der Waals surface area contributed by atoms with Gasteiger partial charge >= 0.3 is 6.09 Å². The van der Waals surface area contributed by atoms with Crippen LogP contribution in [0.2, 0.25) is 5.15 Å². The summed E-state index contributed by atoms with van der Waals surface area (Å²) in [5.41, 5.74) is 0. The number of halogens is 1. The van der Waals surface area contributed by atoms with Crippen molar-refractivity contribution in [3.05, 3.63) is 17.3 Å². The van der Waals surface area contributed by atoms with Gasteiger partial charge in [-0.05, 0) is 19.1 Å². The Balaban J connectivity index is 2.92. The highest BCUT2D eigenvalue weighted by molar-refractivity contribution is 6.29. The van der Waals surface area contributed by atoms with Crippen LogP contribution in [0.3, 0.4) is 0 Å². The summed E-state index contributed by atoms with van der Waals surface area (Å²) in [6.07, 6.45) is -1.06. The Kier molecular flexibility index (Phi) is 3.02. The summed E-state index contributed by atoms with van der Waals surface area (Å²) >= 11 is 5.50. The van der Waals surface area contributed by atoms with Crippen LogP contribution in [0.1, 0.15) is 6.92 Å². The van der Waals surface area contributed by atoms with Gasteiger partial charge in [0.25, 0.3) is 0 Å². The summed E-state index contributed by atoms with van der Waals surface area (Å²) in [6, 6.07) is 3.00. The van der Waals surface area contributed by atoms with Gasteiger partial charge in [0.15, 0.2) is 11.0 Å². The monoisotopic (exact) mass is 201 g/mol. The number of hydrogen-bond donors (Lipinski definition) is 1. The lowest BCUT2D eigenvalue weighted by atomic mass is 10.5. The summed E-state index contributed by atoms with van der Waals surface area (Å²) in [5, 5.41) is 16.1. The van der Waals surface area contributed by atoms with Crippen LogP contribution < -0.4 is 4.90 Å². The molecule has 0 spiro atoms. The first-order chi connectivity index (χ1) is 6.15. The van der Waals surface area contributed by atoms with Crippen LogP contribution >= 0.6 is 11.6 Å². The Hall–Kier alpha value is -1.36. The van der Waals surface area contributed by atoms with Crippen LogP contribution in [0.5, 0.6) is 0 Å². The molecule has 0 aliphatic carbocycles. The molecule has 0 atom stereocenters. The predicted molar refractivity (Wildman–Crippen MR) is 48.1 cm³/mol. The van der Waals surface area contributed by atoms with E-state index in [1.807, 2.05) is 0 Å². The normalized spacial score (nSPS) is 9.69. The van der Waals surface area contributed by atoms with Crippen LogP contribution in [-0.4, -0.2) is 27.9 Å². The number of aromatic nitrogens is 2. The fraction of sp³-hybridized carbons (Fsp3) is 0.286. The number of amides is 1. The third-order valence-electron chi connectivity index (χ3n) is 1.44. The third-order valence-corrected chi connectivity index (χ3v) is 1.64. The molecule has 0 aliphatic heterocycles. The Labute approximate surface area is 80.0 Å². The molecule has 6 heteroatoms. The maximum absolute atomic E-state index is 10.6. The van der Waals surface area contributed by atoms with Crippen molar-refractivity contribution < 1.29 is 9.90 Å². The molecule has 1 rings (SSSR count). The highest BCUT2D eigenvalue weighted by Crippen LogP contribution is 2.11. The zero-order chi connectivity index (χ0) is 9.84. The molecule has 0 saturated carbocycles. The maximum atomic E-state index is 10.6. The molecule has 0 bridgehead atoms. The van der Waals surface area contributed by atoms with Gasteiger partial charge in [0.1, 0.15) is 0 Å². The van der Waals surface area contributed by atoms with Gasteiger partial charge < -0.3 is 5.11 Å². The lowest BCUT2D eigenvalue weighted by Crippen LogP contribution is -2.29. The number of carboxylic acid groups (broad SMARTS) is 1. The van der Waals surface area contributed by atoms with Crippen molar-refractivity contribution in [2.24, 2.45) is 0 Å². The molecular weight excluding hydrogens is 194 g/mol. The number of rotatable bonds is 2. The van der Waals surface area contributed by atoms with Crippen molar-refractivity contribution >= 4 is 23.5 Å². The Morgan fingerprint density at radius 1 is 1.62 bits per heavy atom. The maximum Gasteiger partial charge on any atom is 0.413 e. The molecule has 1 N–H and O–H groups in total. The van der Waals surface area contributed by atoms with Crippen molar-refractivity contribution in [1.82, 2.24) is 10.2 Å².